The predicted octanol–water partition coefficient (Wildman–Crippen LogP) is 0.879. The Hall–Kier alpha value is -1.85. The zero-order valence-electron chi connectivity index (χ0n) is 11.2. The summed E-state index contributed by atoms with van der Waals surface area (Å²) in [6, 6.07) is 0. The van der Waals surface area contributed by atoms with E-state index in [4.69, 9.17) is 5.11 Å². The number of imidazole rings is 1. The van der Waals surface area contributed by atoms with Crippen LogP contribution in [0.25, 0.3) is 0 Å². The van der Waals surface area contributed by atoms with Crippen LogP contribution in [0.4, 0.5) is 0 Å². The molecule has 1 saturated carbocycles. The second-order valence-corrected chi connectivity index (χ2v) is 5.19. The zero-order chi connectivity index (χ0) is 14.0. The van der Waals surface area contributed by atoms with Crippen LogP contribution >= 0.6 is 0 Å². The molecule has 1 aromatic rings. The maximum atomic E-state index is 12.2. The molecule has 1 N–H and O–H groups in total. The predicted molar refractivity (Wildman–Crippen MR) is 68.1 cm³/mol. The third kappa shape index (κ3) is 2.94. The molecule has 0 aromatic carbocycles. The smallest absolute Gasteiger partial charge is 0.306 e. The summed E-state index contributed by atoms with van der Waals surface area (Å²) in [4.78, 5) is 29.0. The van der Waals surface area contributed by atoms with E-state index in [0.717, 1.165) is 5.82 Å². The number of rotatable bonds is 4. The van der Waals surface area contributed by atoms with Crippen LogP contribution in [0, 0.1) is 11.8 Å². The Labute approximate surface area is 112 Å². The van der Waals surface area contributed by atoms with Crippen LogP contribution in [0.2, 0.25) is 0 Å². The van der Waals surface area contributed by atoms with Gasteiger partial charge in [0.1, 0.15) is 5.82 Å². The van der Waals surface area contributed by atoms with Gasteiger partial charge in [-0.2, -0.15) is 0 Å². The van der Waals surface area contributed by atoms with Gasteiger partial charge >= 0.3 is 5.97 Å². The second-order valence-electron chi connectivity index (χ2n) is 5.19. The van der Waals surface area contributed by atoms with E-state index in [1.165, 1.54) is 0 Å². The quantitative estimate of drug-likeness (QED) is 0.876. The number of carboxylic acid groups (broad SMARTS) is 1. The number of aromatic nitrogens is 2. The highest BCUT2D eigenvalue weighted by molar-refractivity contribution is 5.80. The molecule has 0 aliphatic heterocycles. The Kier molecular flexibility index (Phi) is 3.87. The lowest BCUT2D eigenvalue weighted by atomic mass is 10.0. The molecule has 1 fully saturated rings. The molecule has 0 spiro atoms. The fraction of sp³-hybridized carbons (Fsp3) is 0.615. The molecule has 6 heteroatoms. The molecule has 2 atom stereocenters. The number of carbonyl (C=O) groups excluding carboxylic acids is 1. The van der Waals surface area contributed by atoms with Gasteiger partial charge in [-0.1, -0.05) is 0 Å². The molecule has 104 valence electrons. The first-order chi connectivity index (χ1) is 8.99. The Morgan fingerprint density at radius 3 is 2.68 bits per heavy atom. The summed E-state index contributed by atoms with van der Waals surface area (Å²) in [7, 11) is 3.63. The van der Waals surface area contributed by atoms with Crippen LogP contribution in [0.3, 0.4) is 0 Å². The van der Waals surface area contributed by atoms with Gasteiger partial charge in [0.25, 0.3) is 0 Å². The number of aryl methyl sites for hydroxylation is 1. The van der Waals surface area contributed by atoms with Crippen molar-refractivity contribution in [3.05, 3.63) is 18.2 Å². The van der Waals surface area contributed by atoms with Crippen molar-refractivity contribution in [2.45, 2.75) is 25.8 Å². The molecule has 1 aromatic heterocycles. The van der Waals surface area contributed by atoms with Gasteiger partial charge in [0.2, 0.25) is 5.91 Å². The average molecular weight is 265 g/mol. The Balaban J connectivity index is 1.93. The lowest BCUT2D eigenvalue weighted by molar-refractivity contribution is -0.141. The zero-order valence-corrected chi connectivity index (χ0v) is 11.2. The molecule has 0 radical (unpaired) electrons. The van der Waals surface area contributed by atoms with Crippen molar-refractivity contribution in [2.75, 3.05) is 7.05 Å². The summed E-state index contributed by atoms with van der Waals surface area (Å²) in [5.41, 5.74) is 0. The van der Waals surface area contributed by atoms with E-state index in [0.29, 0.717) is 25.8 Å². The summed E-state index contributed by atoms with van der Waals surface area (Å²) in [6.45, 7) is 0.455. The fourth-order valence-electron chi connectivity index (χ4n) is 2.58. The van der Waals surface area contributed by atoms with Crippen molar-refractivity contribution in [2.24, 2.45) is 18.9 Å². The molecular weight excluding hydrogens is 246 g/mol. The molecule has 1 amide bonds. The molecule has 2 rings (SSSR count). The lowest BCUT2D eigenvalue weighted by Crippen LogP contribution is -2.32. The number of carbonyl (C=O) groups is 2. The van der Waals surface area contributed by atoms with Gasteiger partial charge in [-0.3, -0.25) is 9.59 Å². The van der Waals surface area contributed by atoms with Crippen LogP contribution in [0.1, 0.15) is 25.1 Å². The largest absolute Gasteiger partial charge is 0.481 e. The Bertz CT molecular complexity index is 483. The molecule has 1 aliphatic rings. The number of carboxylic acids is 1. The van der Waals surface area contributed by atoms with E-state index in [2.05, 4.69) is 4.98 Å². The minimum atomic E-state index is -0.790. The maximum Gasteiger partial charge on any atom is 0.306 e. The minimum Gasteiger partial charge on any atom is -0.481 e. The molecular formula is C13H19N3O3. The third-order valence-electron chi connectivity index (χ3n) is 3.81. The summed E-state index contributed by atoms with van der Waals surface area (Å²) in [5, 5.41) is 8.96. The fourth-order valence-corrected chi connectivity index (χ4v) is 2.58. The third-order valence-corrected chi connectivity index (χ3v) is 3.81. The van der Waals surface area contributed by atoms with Crippen LogP contribution in [-0.2, 0) is 23.2 Å². The van der Waals surface area contributed by atoms with E-state index >= 15 is 0 Å². The normalized spacial score (nSPS) is 22.4. The average Bonchev–Trinajstić information content (AvgIpc) is 2.98. The topological polar surface area (TPSA) is 75.4 Å². The number of hydrogen-bond acceptors (Lipinski definition) is 3. The van der Waals surface area contributed by atoms with Crippen LogP contribution < -0.4 is 0 Å². The Morgan fingerprint density at radius 1 is 1.47 bits per heavy atom. The summed E-state index contributed by atoms with van der Waals surface area (Å²) in [6.07, 6.45) is 5.26. The number of hydrogen-bond donors (Lipinski definition) is 1. The van der Waals surface area contributed by atoms with Gasteiger partial charge in [-0.05, 0) is 19.3 Å². The summed E-state index contributed by atoms with van der Waals surface area (Å²) < 4.78 is 1.87. The monoisotopic (exact) mass is 265 g/mol. The summed E-state index contributed by atoms with van der Waals surface area (Å²) >= 11 is 0. The Morgan fingerprint density at radius 2 is 2.16 bits per heavy atom. The van der Waals surface area contributed by atoms with Gasteiger partial charge in [0.15, 0.2) is 0 Å². The van der Waals surface area contributed by atoms with Crippen LogP contribution in [0.15, 0.2) is 12.4 Å². The highest BCUT2D eigenvalue weighted by Crippen LogP contribution is 2.32. The van der Waals surface area contributed by atoms with Crippen molar-refractivity contribution in [1.82, 2.24) is 14.5 Å². The molecule has 0 unspecified atom stereocenters. The molecule has 1 heterocycles. The van der Waals surface area contributed by atoms with Crippen molar-refractivity contribution in [1.29, 1.82) is 0 Å². The van der Waals surface area contributed by atoms with E-state index in [9.17, 15) is 9.59 Å². The van der Waals surface area contributed by atoms with Gasteiger partial charge in [-0.15, -0.1) is 0 Å². The number of amides is 1. The second kappa shape index (κ2) is 5.42. The SMILES string of the molecule is CN(Cc1nccn1C)C(=O)[C@H]1CC[C@@H](C(=O)O)C1. The minimum absolute atomic E-state index is 0.0201. The molecule has 0 saturated heterocycles. The molecule has 19 heavy (non-hydrogen) atoms. The van der Waals surface area contributed by atoms with E-state index in [1.54, 1.807) is 18.1 Å². The first-order valence-corrected chi connectivity index (χ1v) is 6.43. The molecule has 6 nitrogen and oxygen atoms in total. The first kappa shape index (κ1) is 13.6. The van der Waals surface area contributed by atoms with Gasteiger partial charge in [0, 0.05) is 32.4 Å². The van der Waals surface area contributed by atoms with Gasteiger partial charge < -0.3 is 14.6 Å². The van der Waals surface area contributed by atoms with E-state index in [-0.39, 0.29) is 17.7 Å². The molecule has 0 bridgehead atoms. The maximum absolute atomic E-state index is 12.2. The van der Waals surface area contributed by atoms with Gasteiger partial charge in [-0.25, -0.2) is 4.98 Å². The van der Waals surface area contributed by atoms with Crippen LogP contribution in [0.5, 0.6) is 0 Å². The van der Waals surface area contributed by atoms with Gasteiger partial charge in [0.05, 0.1) is 12.5 Å². The van der Waals surface area contributed by atoms with Crippen molar-refractivity contribution in [3.63, 3.8) is 0 Å². The number of aliphatic carboxylic acids is 1. The van der Waals surface area contributed by atoms with E-state index in [1.807, 2.05) is 17.8 Å². The van der Waals surface area contributed by atoms with E-state index < -0.39 is 5.97 Å². The van der Waals surface area contributed by atoms with Crippen molar-refractivity contribution >= 4 is 11.9 Å². The standard InChI is InChI=1S/C13H19N3O3/c1-15-6-5-14-11(15)8-16(2)12(17)9-3-4-10(7-9)13(18)19/h5-6,9-10H,3-4,7-8H2,1-2H3,(H,18,19)/t9-,10+/m0/s1. The highest BCUT2D eigenvalue weighted by atomic mass is 16.4. The lowest BCUT2D eigenvalue weighted by Gasteiger charge is -2.20. The van der Waals surface area contributed by atoms with Crippen LogP contribution in [-0.4, -0.2) is 38.5 Å². The molecule has 1 aliphatic carbocycles. The first-order valence-electron chi connectivity index (χ1n) is 6.43. The summed E-state index contributed by atoms with van der Waals surface area (Å²) in [5.74, 6) is -0.473. The highest BCUT2D eigenvalue weighted by Gasteiger charge is 2.35. The number of nitrogens with zero attached hydrogens (tertiary/aromatic N) is 3. The van der Waals surface area contributed by atoms with Crippen molar-refractivity contribution < 1.29 is 14.7 Å². The van der Waals surface area contributed by atoms with Crippen molar-refractivity contribution in [3.8, 4) is 0 Å².